The quantitative estimate of drug-likeness (QED) is 0.148. The maximum Gasteiger partial charge on any atom is 0.472 e. The van der Waals surface area contributed by atoms with Crippen molar-refractivity contribution in [3.05, 3.63) is 0 Å². The molecule has 29 heavy (non-hydrogen) atoms. The zero-order chi connectivity index (χ0) is 21.8. The van der Waals surface area contributed by atoms with Crippen LogP contribution in [0.3, 0.4) is 0 Å². The molecule has 0 aromatic heterocycles. The lowest BCUT2D eigenvalue weighted by Gasteiger charge is -2.16. The van der Waals surface area contributed by atoms with Crippen LogP contribution < -0.4 is 0 Å². The molecule has 0 aromatic rings. The van der Waals surface area contributed by atoms with Crippen molar-refractivity contribution in [3.8, 4) is 0 Å². The molecule has 176 valence electrons. The van der Waals surface area contributed by atoms with Crippen LogP contribution in [0.5, 0.6) is 0 Å². The molecule has 3 unspecified atom stereocenters. The van der Waals surface area contributed by atoms with Crippen LogP contribution in [0, 0.1) is 0 Å². The highest BCUT2D eigenvalue weighted by molar-refractivity contribution is 7.47. The second kappa shape index (κ2) is 19.9. The largest absolute Gasteiger partial charge is 0.472 e. The van der Waals surface area contributed by atoms with Crippen molar-refractivity contribution < 1.29 is 38.6 Å². The van der Waals surface area contributed by atoms with Gasteiger partial charge in [0.2, 0.25) is 0 Å². The highest BCUT2D eigenvalue weighted by atomic mass is 31.2. The number of aliphatic hydroxyl groups is 3. The Morgan fingerprint density at radius 3 is 1.66 bits per heavy atom. The molecular formula is C20H43O8P. The average molecular weight is 443 g/mol. The van der Waals surface area contributed by atoms with E-state index in [9.17, 15) is 14.6 Å². The molecule has 0 bridgehead atoms. The van der Waals surface area contributed by atoms with Gasteiger partial charge in [-0.1, -0.05) is 77.6 Å². The maximum absolute atomic E-state index is 11.5. The molecule has 0 amide bonds. The van der Waals surface area contributed by atoms with Crippen LogP contribution in [0.1, 0.15) is 84.0 Å². The van der Waals surface area contributed by atoms with E-state index >= 15 is 0 Å². The number of phosphoric ester groups is 1. The van der Waals surface area contributed by atoms with Crippen LogP contribution in [0.15, 0.2) is 0 Å². The number of unbranched alkanes of at least 4 members (excludes halogenated alkanes) is 11. The maximum atomic E-state index is 11.5. The molecule has 0 spiro atoms. The fourth-order valence-electron chi connectivity index (χ4n) is 2.76. The van der Waals surface area contributed by atoms with Gasteiger partial charge in [0, 0.05) is 6.61 Å². The Bertz CT molecular complexity index is 397. The van der Waals surface area contributed by atoms with E-state index in [-0.39, 0.29) is 6.61 Å². The third kappa shape index (κ3) is 21.0. The summed E-state index contributed by atoms with van der Waals surface area (Å²) < 4.78 is 26.0. The van der Waals surface area contributed by atoms with Gasteiger partial charge in [0.25, 0.3) is 0 Å². The molecule has 9 heteroatoms. The molecule has 3 atom stereocenters. The summed E-state index contributed by atoms with van der Waals surface area (Å²) in [5, 5.41) is 27.4. The first-order valence-electron chi connectivity index (χ1n) is 11.1. The van der Waals surface area contributed by atoms with E-state index in [2.05, 4.69) is 16.0 Å². The monoisotopic (exact) mass is 442 g/mol. The predicted octanol–water partition coefficient (Wildman–Crippen LogP) is 3.55. The molecule has 0 heterocycles. The van der Waals surface area contributed by atoms with Crippen LogP contribution in [-0.4, -0.2) is 65.5 Å². The molecule has 0 aliphatic carbocycles. The van der Waals surface area contributed by atoms with Crippen molar-refractivity contribution in [2.45, 2.75) is 96.2 Å². The summed E-state index contributed by atoms with van der Waals surface area (Å²) in [7, 11) is -4.37. The van der Waals surface area contributed by atoms with Gasteiger partial charge in [-0.3, -0.25) is 9.05 Å². The standard InChI is InChI=1S/C20H43O8P/c1-2-3-4-5-6-7-8-9-10-11-12-13-14-26-16-20(23)18-28-29(24,25)27-17-19(22)15-21/h19-23H,2-18H2,1H3,(H,24,25). The van der Waals surface area contributed by atoms with Crippen molar-refractivity contribution in [2.24, 2.45) is 0 Å². The highest BCUT2D eigenvalue weighted by Crippen LogP contribution is 2.43. The fourth-order valence-corrected chi connectivity index (χ4v) is 3.56. The Labute approximate surface area is 176 Å². The molecule has 0 aliphatic heterocycles. The first kappa shape index (κ1) is 28.9. The zero-order valence-corrected chi connectivity index (χ0v) is 18.9. The van der Waals surface area contributed by atoms with E-state index in [0.717, 1.165) is 12.8 Å². The molecule has 0 fully saturated rings. The van der Waals surface area contributed by atoms with Crippen LogP contribution in [0.2, 0.25) is 0 Å². The highest BCUT2D eigenvalue weighted by Gasteiger charge is 2.24. The van der Waals surface area contributed by atoms with E-state index in [4.69, 9.17) is 14.9 Å². The molecule has 0 saturated heterocycles. The molecule has 0 aliphatic rings. The minimum atomic E-state index is -4.37. The predicted molar refractivity (Wildman–Crippen MR) is 113 cm³/mol. The Kier molecular flexibility index (Phi) is 19.9. The number of phosphoric acid groups is 1. The average Bonchev–Trinajstić information content (AvgIpc) is 2.71. The molecule has 0 saturated carbocycles. The van der Waals surface area contributed by atoms with Gasteiger partial charge in [-0.25, -0.2) is 4.57 Å². The van der Waals surface area contributed by atoms with E-state index in [0.29, 0.717) is 6.61 Å². The number of ether oxygens (including phenoxy) is 1. The normalized spacial score (nSPS) is 15.9. The van der Waals surface area contributed by atoms with Gasteiger partial charge >= 0.3 is 7.82 Å². The number of rotatable bonds is 22. The van der Waals surface area contributed by atoms with Crippen LogP contribution in [0.4, 0.5) is 0 Å². The molecule has 8 nitrogen and oxygen atoms in total. The summed E-state index contributed by atoms with van der Waals surface area (Å²) in [6, 6.07) is 0. The lowest BCUT2D eigenvalue weighted by atomic mass is 10.1. The Balaban J connectivity index is 3.41. The van der Waals surface area contributed by atoms with Crippen LogP contribution >= 0.6 is 7.82 Å². The minimum absolute atomic E-state index is 0.0112. The van der Waals surface area contributed by atoms with Gasteiger partial charge in [-0.15, -0.1) is 0 Å². The Hall–Kier alpha value is -0.0500. The SMILES string of the molecule is CCCCCCCCCCCCCCOCC(O)COP(=O)(O)OCC(O)CO. The van der Waals surface area contributed by atoms with Gasteiger partial charge < -0.3 is 24.9 Å². The molecule has 0 rings (SSSR count). The lowest BCUT2D eigenvalue weighted by Crippen LogP contribution is -2.23. The van der Waals surface area contributed by atoms with Gasteiger partial charge in [0.05, 0.1) is 26.4 Å². The third-order valence-corrected chi connectivity index (χ3v) is 5.47. The molecular weight excluding hydrogens is 399 g/mol. The third-order valence-electron chi connectivity index (χ3n) is 4.52. The molecule has 4 N–H and O–H groups in total. The number of hydrogen-bond acceptors (Lipinski definition) is 7. The van der Waals surface area contributed by atoms with Gasteiger partial charge in [0.1, 0.15) is 12.2 Å². The van der Waals surface area contributed by atoms with Gasteiger partial charge in [0.15, 0.2) is 0 Å². The van der Waals surface area contributed by atoms with Crippen molar-refractivity contribution in [3.63, 3.8) is 0 Å². The number of aliphatic hydroxyl groups excluding tert-OH is 3. The van der Waals surface area contributed by atoms with Crippen molar-refractivity contribution in [2.75, 3.05) is 33.0 Å². The summed E-state index contributed by atoms with van der Waals surface area (Å²) in [5.74, 6) is 0. The van der Waals surface area contributed by atoms with Crippen molar-refractivity contribution >= 4 is 7.82 Å². The van der Waals surface area contributed by atoms with E-state index in [1.807, 2.05) is 0 Å². The Morgan fingerprint density at radius 1 is 0.724 bits per heavy atom. The van der Waals surface area contributed by atoms with Crippen molar-refractivity contribution in [1.29, 1.82) is 0 Å². The second-order valence-electron chi connectivity index (χ2n) is 7.51. The Morgan fingerprint density at radius 2 is 1.17 bits per heavy atom. The van der Waals surface area contributed by atoms with Gasteiger partial charge in [-0.05, 0) is 6.42 Å². The minimum Gasteiger partial charge on any atom is -0.394 e. The lowest BCUT2D eigenvalue weighted by molar-refractivity contribution is -0.00437. The summed E-state index contributed by atoms with van der Waals surface area (Å²) in [4.78, 5) is 9.37. The first-order valence-corrected chi connectivity index (χ1v) is 12.6. The van der Waals surface area contributed by atoms with E-state index in [1.54, 1.807) is 0 Å². The summed E-state index contributed by atoms with van der Waals surface area (Å²) in [6.45, 7) is 1.25. The summed E-state index contributed by atoms with van der Waals surface area (Å²) >= 11 is 0. The molecule has 0 aromatic carbocycles. The van der Waals surface area contributed by atoms with Gasteiger partial charge in [-0.2, -0.15) is 0 Å². The smallest absolute Gasteiger partial charge is 0.394 e. The zero-order valence-electron chi connectivity index (χ0n) is 18.0. The van der Waals surface area contributed by atoms with Crippen molar-refractivity contribution in [1.82, 2.24) is 0 Å². The van der Waals surface area contributed by atoms with E-state index in [1.165, 1.54) is 64.2 Å². The summed E-state index contributed by atoms with van der Waals surface area (Å²) in [6.07, 6.45) is 12.9. The first-order chi connectivity index (χ1) is 13.9. The van der Waals surface area contributed by atoms with Crippen LogP contribution in [0.25, 0.3) is 0 Å². The topological polar surface area (TPSA) is 126 Å². The summed E-state index contributed by atoms with van der Waals surface area (Å²) in [5.41, 5.74) is 0. The molecule has 0 radical (unpaired) electrons. The number of hydrogen-bond donors (Lipinski definition) is 4. The van der Waals surface area contributed by atoms with Crippen LogP contribution in [-0.2, 0) is 18.3 Å². The fraction of sp³-hybridized carbons (Fsp3) is 1.00. The second-order valence-corrected chi connectivity index (χ2v) is 8.97. The van der Waals surface area contributed by atoms with E-state index < -0.39 is 39.9 Å².